The molecule has 5 rings (SSSR count). The van der Waals surface area contributed by atoms with E-state index in [2.05, 4.69) is 15.6 Å². The second-order valence-electron chi connectivity index (χ2n) is 10.1. The molecule has 0 saturated heterocycles. The Balaban J connectivity index is 1.09. The van der Waals surface area contributed by atoms with Gasteiger partial charge in [-0.3, -0.25) is 14.4 Å². The Morgan fingerprint density at radius 3 is 2.22 bits per heavy atom. The lowest BCUT2D eigenvalue weighted by atomic mass is 10.1. The van der Waals surface area contributed by atoms with E-state index in [-0.39, 0.29) is 41.7 Å². The third-order valence-corrected chi connectivity index (χ3v) is 6.75. The molecule has 3 N–H and O–H groups in total. The molecule has 0 fully saturated rings. The van der Waals surface area contributed by atoms with Crippen LogP contribution in [0.3, 0.4) is 0 Å². The van der Waals surface area contributed by atoms with E-state index < -0.39 is 5.97 Å². The average Bonchev–Trinajstić information content (AvgIpc) is 3.05. The van der Waals surface area contributed by atoms with E-state index in [0.29, 0.717) is 48.1 Å². The predicted molar refractivity (Wildman–Crippen MR) is 170 cm³/mol. The van der Waals surface area contributed by atoms with Gasteiger partial charge in [-0.05, 0) is 71.3 Å². The number of carbonyl (C=O) groups is 4. The summed E-state index contributed by atoms with van der Waals surface area (Å²) in [5.41, 5.74) is 1.31. The van der Waals surface area contributed by atoms with Crippen LogP contribution in [-0.2, 0) is 20.8 Å². The Hall–Kier alpha value is -6.23. The van der Waals surface area contributed by atoms with Gasteiger partial charge in [0.05, 0.1) is 30.0 Å². The molecule has 0 radical (unpaired) electrons. The first-order chi connectivity index (χ1) is 22.4. The fourth-order valence-electron chi connectivity index (χ4n) is 4.57. The Morgan fingerprint density at radius 1 is 0.783 bits per heavy atom. The second-order valence-corrected chi connectivity index (χ2v) is 10.1. The highest BCUT2D eigenvalue weighted by molar-refractivity contribution is 6.01. The zero-order valence-electron chi connectivity index (χ0n) is 24.5. The van der Waals surface area contributed by atoms with Gasteiger partial charge in [0.15, 0.2) is 5.75 Å². The van der Waals surface area contributed by atoms with Crippen molar-refractivity contribution in [2.75, 3.05) is 17.2 Å². The monoisotopic (exact) mass is 619 g/mol. The van der Waals surface area contributed by atoms with Crippen LogP contribution in [0.15, 0.2) is 103 Å². The van der Waals surface area contributed by atoms with Gasteiger partial charge in [0.1, 0.15) is 11.5 Å². The number of ether oxygens (including phenoxy) is 3. The third kappa shape index (κ3) is 8.44. The topological polar surface area (TPSA) is 153 Å². The molecular formula is C35H29N3O8. The number of hydrogen-bond acceptors (Lipinski definition) is 8. The highest BCUT2D eigenvalue weighted by atomic mass is 16.5. The number of nitrogens with zero attached hydrogens (tertiary/aromatic N) is 1. The zero-order valence-corrected chi connectivity index (χ0v) is 24.5. The maximum atomic E-state index is 12.5. The molecule has 0 spiro atoms. The van der Waals surface area contributed by atoms with Crippen LogP contribution in [0.5, 0.6) is 23.1 Å². The molecule has 0 atom stereocenters. The van der Waals surface area contributed by atoms with Crippen LogP contribution in [0.4, 0.5) is 11.4 Å². The minimum atomic E-state index is -1.12. The van der Waals surface area contributed by atoms with Gasteiger partial charge in [-0.2, -0.15) is 0 Å². The Labute approximate surface area is 263 Å². The maximum absolute atomic E-state index is 12.5. The standard InChI is InChI=1S/C35H29N3O8/c39-22-45-31-9-4-3-8-30(31)38-32(40)10-5-17-44-26-14-12-25-20-27(15-13-24(25)19-26)46-34-16-11-23(21-36-34)18-33(41)37-29-7-2-1-6-28(29)35(42)43/h1-4,6-9,11-16,19-22H,5,10,17-18H2,(H,37,41)(H,38,40)(H,42,43). The van der Waals surface area contributed by atoms with Crippen molar-refractivity contribution in [2.24, 2.45) is 0 Å². The van der Waals surface area contributed by atoms with E-state index in [1.807, 2.05) is 36.4 Å². The Morgan fingerprint density at radius 2 is 1.48 bits per heavy atom. The molecule has 1 heterocycles. The summed E-state index contributed by atoms with van der Waals surface area (Å²) >= 11 is 0. The van der Waals surface area contributed by atoms with Crippen LogP contribution in [0.2, 0.25) is 0 Å². The molecule has 0 aliphatic rings. The van der Waals surface area contributed by atoms with Gasteiger partial charge in [0.2, 0.25) is 17.7 Å². The Kier molecular flexibility index (Phi) is 10.2. The smallest absolute Gasteiger partial charge is 0.337 e. The van der Waals surface area contributed by atoms with Crippen LogP contribution >= 0.6 is 0 Å². The molecule has 11 heteroatoms. The molecule has 0 aliphatic carbocycles. The number of aromatic nitrogens is 1. The van der Waals surface area contributed by atoms with Gasteiger partial charge in [0.25, 0.3) is 6.47 Å². The number of para-hydroxylation sites is 3. The Bertz CT molecular complexity index is 1870. The molecule has 46 heavy (non-hydrogen) atoms. The number of fused-ring (bicyclic) bond motifs is 1. The van der Waals surface area contributed by atoms with E-state index in [1.165, 1.54) is 18.3 Å². The maximum Gasteiger partial charge on any atom is 0.337 e. The largest absolute Gasteiger partial charge is 0.494 e. The number of nitrogens with one attached hydrogen (secondary N) is 2. The van der Waals surface area contributed by atoms with Crippen molar-refractivity contribution in [3.8, 4) is 23.1 Å². The van der Waals surface area contributed by atoms with Crippen LogP contribution in [0.25, 0.3) is 10.8 Å². The number of anilines is 2. The number of hydrogen-bond donors (Lipinski definition) is 3. The molecule has 5 aromatic rings. The van der Waals surface area contributed by atoms with Gasteiger partial charge in [-0.25, -0.2) is 9.78 Å². The summed E-state index contributed by atoms with van der Waals surface area (Å²) < 4.78 is 16.6. The summed E-state index contributed by atoms with van der Waals surface area (Å²) in [6, 6.07) is 27.5. The highest BCUT2D eigenvalue weighted by Gasteiger charge is 2.13. The first kappa shape index (κ1) is 31.2. The number of carbonyl (C=O) groups excluding carboxylic acids is 3. The number of carboxylic acid groups (broad SMARTS) is 1. The van der Waals surface area contributed by atoms with Crippen LogP contribution < -0.4 is 24.8 Å². The van der Waals surface area contributed by atoms with Crippen LogP contribution in [0.1, 0.15) is 28.8 Å². The fraction of sp³-hybridized carbons (Fsp3) is 0.114. The molecule has 4 aromatic carbocycles. The lowest BCUT2D eigenvalue weighted by molar-refractivity contribution is -0.121. The second kappa shape index (κ2) is 15.0. The minimum Gasteiger partial charge on any atom is -0.494 e. The summed E-state index contributed by atoms with van der Waals surface area (Å²) in [4.78, 5) is 51.1. The van der Waals surface area contributed by atoms with Crippen molar-refractivity contribution in [3.05, 3.63) is 114 Å². The van der Waals surface area contributed by atoms with Gasteiger partial charge in [0, 0.05) is 18.7 Å². The number of carboxylic acids is 1. The van der Waals surface area contributed by atoms with Crippen LogP contribution in [-0.4, -0.2) is 41.0 Å². The van der Waals surface area contributed by atoms with Crippen molar-refractivity contribution < 1.29 is 38.5 Å². The molecule has 232 valence electrons. The number of benzene rings is 4. The van der Waals surface area contributed by atoms with E-state index in [1.54, 1.807) is 48.5 Å². The molecule has 2 amide bonds. The van der Waals surface area contributed by atoms with Gasteiger partial charge < -0.3 is 30.0 Å². The van der Waals surface area contributed by atoms with E-state index in [0.717, 1.165) is 10.8 Å². The summed E-state index contributed by atoms with van der Waals surface area (Å²) in [7, 11) is 0. The normalized spacial score (nSPS) is 10.5. The lowest BCUT2D eigenvalue weighted by Gasteiger charge is -2.11. The molecule has 0 aliphatic heterocycles. The summed E-state index contributed by atoms with van der Waals surface area (Å²) in [5.74, 6) is 0.172. The van der Waals surface area contributed by atoms with Gasteiger partial charge >= 0.3 is 5.97 Å². The molecule has 0 saturated carbocycles. The molecular weight excluding hydrogens is 590 g/mol. The van der Waals surface area contributed by atoms with Gasteiger partial charge in [-0.1, -0.05) is 42.5 Å². The SMILES string of the molecule is O=COc1ccccc1NC(=O)CCCOc1ccc2cc(Oc3ccc(CC(=O)Nc4ccccc4C(=O)O)cn3)ccc2c1. The number of rotatable bonds is 14. The first-order valence-corrected chi connectivity index (χ1v) is 14.3. The summed E-state index contributed by atoms with van der Waals surface area (Å²) in [6.07, 6.45) is 2.27. The minimum absolute atomic E-state index is 0.0151. The van der Waals surface area contributed by atoms with Crippen molar-refractivity contribution in [1.29, 1.82) is 0 Å². The van der Waals surface area contributed by atoms with Crippen molar-refractivity contribution in [3.63, 3.8) is 0 Å². The summed E-state index contributed by atoms with van der Waals surface area (Å²) in [5, 5.41) is 16.5. The average molecular weight is 620 g/mol. The molecule has 0 bridgehead atoms. The number of pyridine rings is 1. The fourth-order valence-corrected chi connectivity index (χ4v) is 4.57. The zero-order chi connectivity index (χ0) is 32.3. The predicted octanol–water partition coefficient (Wildman–Crippen LogP) is 6.24. The number of aromatic carboxylic acids is 1. The van der Waals surface area contributed by atoms with E-state index in [9.17, 15) is 24.3 Å². The summed E-state index contributed by atoms with van der Waals surface area (Å²) in [6.45, 7) is 0.652. The quantitative estimate of drug-likeness (QED) is 0.0968. The van der Waals surface area contributed by atoms with Crippen molar-refractivity contribution in [1.82, 2.24) is 4.98 Å². The van der Waals surface area contributed by atoms with Crippen LogP contribution in [0, 0.1) is 0 Å². The van der Waals surface area contributed by atoms with E-state index in [4.69, 9.17) is 14.2 Å². The molecule has 11 nitrogen and oxygen atoms in total. The highest BCUT2D eigenvalue weighted by Crippen LogP contribution is 2.28. The van der Waals surface area contributed by atoms with Crippen molar-refractivity contribution in [2.45, 2.75) is 19.3 Å². The van der Waals surface area contributed by atoms with Gasteiger partial charge in [-0.15, -0.1) is 0 Å². The first-order valence-electron chi connectivity index (χ1n) is 14.3. The molecule has 0 unspecified atom stereocenters. The number of amides is 2. The lowest BCUT2D eigenvalue weighted by Crippen LogP contribution is -2.16. The molecule has 1 aromatic heterocycles. The van der Waals surface area contributed by atoms with E-state index >= 15 is 0 Å². The van der Waals surface area contributed by atoms with Crippen molar-refractivity contribution >= 4 is 46.4 Å². The third-order valence-electron chi connectivity index (χ3n) is 6.75.